The molecule has 5 nitrogen and oxygen atoms in total. The van der Waals surface area contributed by atoms with Crippen LogP contribution in [0.3, 0.4) is 0 Å². The third-order valence-electron chi connectivity index (χ3n) is 2.34. The minimum atomic E-state index is -0.420. The lowest BCUT2D eigenvalue weighted by Crippen LogP contribution is -1.89. The number of pyridine rings is 1. The van der Waals surface area contributed by atoms with E-state index in [1.54, 1.807) is 30.7 Å². The van der Waals surface area contributed by atoms with E-state index < -0.39 is 4.92 Å². The van der Waals surface area contributed by atoms with Gasteiger partial charge in [-0.25, -0.2) is 0 Å². The van der Waals surface area contributed by atoms with Crippen LogP contribution in [-0.4, -0.2) is 16.1 Å². The number of non-ortho nitro benzene ring substituents is 1. The van der Waals surface area contributed by atoms with E-state index in [-0.39, 0.29) is 5.69 Å². The third-order valence-corrected chi connectivity index (χ3v) is 2.34. The first-order valence-corrected chi connectivity index (χ1v) is 5.39. The van der Waals surface area contributed by atoms with E-state index in [0.717, 1.165) is 11.1 Å². The largest absolute Gasteiger partial charge is 0.288 e. The van der Waals surface area contributed by atoms with Gasteiger partial charge in [0.2, 0.25) is 0 Å². The Morgan fingerprint density at radius 3 is 2.67 bits per heavy atom. The van der Waals surface area contributed by atoms with Gasteiger partial charge in [0.25, 0.3) is 5.69 Å². The van der Waals surface area contributed by atoms with Crippen LogP contribution in [0.15, 0.2) is 53.8 Å². The summed E-state index contributed by atoms with van der Waals surface area (Å²) >= 11 is 0. The van der Waals surface area contributed by atoms with Gasteiger partial charge in [-0.15, -0.1) is 0 Å². The standard InChI is InChI=1S/C13H11N3O2/c17-16(18)13-5-3-11(4-6-13)8-15-10-12-2-1-7-14-9-12/h1-9H,10H2. The normalized spacial score (nSPS) is 10.7. The summed E-state index contributed by atoms with van der Waals surface area (Å²) in [7, 11) is 0. The zero-order chi connectivity index (χ0) is 12.8. The average molecular weight is 241 g/mol. The van der Waals surface area contributed by atoms with Gasteiger partial charge in [-0.1, -0.05) is 6.07 Å². The molecule has 0 aliphatic rings. The molecule has 90 valence electrons. The van der Waals surface area contributed by atoms with Crippen molar-refractivity contribution in [2.24, 2.45) is 4.99 Å². The first kappa shape index (κ1) is 11.9. The van der Waals surface area contributed by atoms with E-state index in [9.17, 15) is 10.1 Å². The van der Waals surface area contributed by atoms with Crippen LogP contribution in [0.1, 0.15) is 11.1 Å². The second-order valence-electron chi connectivity index (χ2n) is 3.68. The van der Waals surface area contributed by atoms with Gasteiger partial charge in [-0.3, -0.25) is 20.1 Å². The summed E-state index contributed by atoms with van der Waals surface area (Å²) in [5.41, 5.74) is 1.94. The fraction of sp³-hybridized carbons (Fsp3) is 0.0769. The van der Waals surface area contributed by atoms with Gasteiger partial charge in [-0.05, 0) is 29.3 Å². The van der Waals surface area contributed by atoms with Gasteiger partial charge in [0.15, 0.2) is 0 Å². The Morgan fingerprint density at radius 1 is 1.28 bits per heavy atom. The van der Waals surface area contributed by atoms with Crippen LogP contribution in [0.25, 0.3) is 0 Å². The summed E-state index contributed by atoms with van der Waals surface area (Å²) in [5, 5.41) is 10.5. The highest BCUT2D eigenvalue weighted by Gasteiger charge is 2.02. The van der Waals surface area contributed by atoms with Crippen molar-refractivity contribution in [3.8, 4) is 0 Å². The fourth-order valence-corrected chi connectivity index (χ4v) is 1.43. The molecular weight excluding hydrogens is 230 g/mol. The molecule has 0 bridgehead atoms. The third kappa shape index (κ3) is 3.21. The molecular formula is C13H11N3O2. The number of nitrogens with zero attached hydrogens (tertiary/aromatic N) is 3. The number of hydrogen-bond donors (Lipinski definition) is 0. The summed E-state index contributed by atoms with van der Waals surface area (Å²) < 4.78 is 0. The quantitative estimate of drug-likeness (QED) is 0.469. The summed E-state index contributed by atoms with van der Waals surface area (Å²) in [4.78, 5) is 18.3. The Morgan fingerprint density at radius 2 is 2.06 bits per heavy atom. The molecule has 0 N–H and O–H groups in total. The smallest absolute Gasteiger partial charge is 0.269 e. The number of hydrogen-bond acceptors (Lipinski definition) is 4. The zero-order valence-corrected chi connectivity index (χ0v) is 9.56. The molecule has 5 heteroatoms. The zero-order valence-electron chi connectivity index (χ0n) is 9.56. The summed E-state index contributed by atoms with van der Waals surface area (Å²) in [6, 6.07) is 10.1. The molecule has 0 spiro atoms. The first-order chi connectivity index (χ1) is 8.75. The molecule has 0 fully saturated rings. The maximum atomic E-state index is 10.5. The van der Waals surface area contributed by atoms with Crippen molar-refractivity contribution in [1.82, 2.24) is 4.98 Å². The van der Waals surface area contributed by atoms with Crippen molar-refractivity contribution in [3.63, 3.8) is 0 Å². The molecule has 1 aromatic heterocycles. The van der Waals surface area contributed by atoms with Crippen LogP contribution in [0.5, 0.6) is 0 Å². The van der Waals surface area contributed by atoms with E-state index in [0.29, 0.717) is 6.54 Å². The number of aliphatic imine (C=N–C) groups is 1. The molecule has 0 atom stereocenters. The highest BCUT2D eigenvalue weighted by atomic mass is 16.6. The topological polar surface area (TPSA) is 68.4 Å². The van der Waals surface area contributed by atoms with Gasteiger partial charge in [0.1, 0.15) is 0 Å². The lowest BCUT2D eigenvalue weighted by molar-refractivity contribution is -0.384. The highest BCUT2D eigenvalue weighted by Crippen LogP contribution is 2.10. The van der Waals surface area contributed by atoms with Crippen LogP contribution in [0.2, 0.25) is 0 Å². The van der Waals surface area contributed by atoms with Crippen LogP contribution in [0, 0.1) is 10.1 Å². The molecule has 0 unspecified atom stereocenters. The van der Waals surface area contributed by atoms with Crippen molar-refractivity contribution >= 4 is 11.9 Å². The Labute approximate surface area is 104 Å². The molecule has 0 saturated carbocycles. The van der Waals surface area contributed by atoms with Crippen molar-refractivity contribution < 1.29 is 4.92 Å². The van der Waals surface area contributed by atoms with E-state index >= 15 is 0 Å². The monoisotopic (exact) mass is 241 g/mol. The molecule has 18 heavy (non-hydrogen) atoms. The van der Waals surface area contributed by atoms with Crippen molar-refractivity contribution in [1.29, 1.82) is 0 Å². The summed E-state index contributed by atoms with van der Waals surface area (Å²) in [6.45, 7) is 0.546. The average Bonchev–Trinajstić information content (AvgIpc) is 2.40. The first-order valence-electron chi connectivity index (χ1n) is 5.39. The van der Waals surface area contributed by atoms with Crippen molar-refractivity contribution in [2.75, 3.05) is 0 Å². The van der Waals surface area contributed by atoms with Gasteiger partial charge in [0.05, 0.1) is 11.5 Å². The Kier molecular flexibility index (Phi) is 3.76. The second-order valence-corrected chi connectivity index (χ2v) is 3.68. The minimum Gasteiger partial charge on any atom is -0.288 e. The number of nitro benzene ring substituents is 1. The SMILES string of the molecule is O=[N+]([O-])c1ccc(C=NCc2cccnc2)cc1. The molecule has 0 aliphatic carbocycles. The van der Waals surface area contributed by atoms with Crippen molar-refractivity contribution in [3.05, 3.63) is 70.0 Å². The number of rotatable bonds is 4. The highest BCUT2D eigenvalue weighted by molar-refractivity contribution is 5.79. The maximum Gasteiger partial charge on any atom is 0.269 e. The predicted molar refractivity (Wildman–Crippen MR) is 68.6 cm³/mol. The molecule has 0 saturated heterocycles. The molecule has 2 aromatic rings. The summed E-state index contributed by atoms with van der Waals surface area (Å²) in [5.74, 6) is 0. The van der Waals surface area contributed by atoms with E-state index in [4.69, 9.17) is 0 Å². The Bertz CT molecular complexity index is 550. The lowest BCUT2D eigenvalue weighted by atomic mass is 10.2. The predicted octanol–water partition coefficient (Wildman–Crippen LogP) is 2.61. The second kappa shape index (κ2) is 5.67. The summed E-state index contributed by atoms with van der Waals surface area (Å²) in [6.07, 6.45) is 5.16. The molecule has 0 aliphatic heterocycles. The Balaban J connectivity index is 1.99. The number of nitro groups is 1. The van der Waals surface area contributed by atoms with E-state index in [1.807, 2.05) is 12.1 Å². The fourth-order valence-electron chi connectivity index (χ4n) is 1.43. The number of benzene rings is 1. The van der Waals surface area contributed by atoms with E-state index in [1.165, 1.54) is 12.1 Å². The molecule has 0 amide bonds. The van der Waals surface area contributed by atoms with Crippen LogP contribution < -0.4 is 0 Å². The minimum absolute atomic E-state index is 0.0828. The van der Waals surface area contributed by atoms with Gasteiger partial charge in [0, 0.05) is 30.7 Å². The van der Waals surface area contributed by atoms with Gasteiger partial charge in [-0.2, -0.15) is 0 Å². The maximum absolute atomic E-state index is 10.5. The lowest BCUT2D eigenvalue weighted by Gasteiger charge is -1.95. The van der Waals surface area contributed by atoms with Crippen LogP contribution in [0.4, 0.5) is 5.69 Å². The van der Waals surface area contributed by atoms with Crippen LogP contribution >= 0.6 is 0 Å². The molecule has 0 radical (unpaired) electrons. The molecule has 1 heterocycles. The molecule has 1 aromatic carbocycles. The number of aromatic nitrogens is 1. The van der Waals surface area contributed by atoms with Gasteiger partial charge >= 0.3 is 0 Å². The molecule has 2 rings (SSSR count). The van der Waals surface area contributed by atoms with Crippen LogP contribution in [-0.2, 0) is 6.54 Å². The Hall–Kier alpha value is -2.56. The van der Waals surface area contributed by atoms with E-state index in [2.05, 4.69) is 9.98 Å². The van der Waals surface area contributed by atoms with Crippen molar-refractivity contribution in [2.45, 2.75) is 6.54 Å². The van der Waals surface area contributed by atoms with Gasteiger partial charge < -0.3 is 0 Å².